The number of carbonyl (C=O) groups is 1. The Labute approximate surface area is 120 Å². The summed E-state index contributed by atoms with van der Waals surface area (Å²) in [6.07, 6.45) is 3.83. The van der Waals surface area contributed by atoms with Gasteiger partial charge in [0.15, 0.2) is 5.78 Å². The molecule has 1 aliphatic rings. The summed E-state index contributed by atoms with van der Waals surface area (Å²) in [5.41, 5.74) is 0. The molecule has 0 unspecified atom stereocenters. The van der Waals surface area contributed by atoms with Gasteiger partial charge in [-0.1, -0.05) is 0 Å². The summed E-state index contributed by atoms with van der Waals surface area (Å²) in [7, 11) is 0. The summed E-state index contributed by atoms with van der Waals surface area (Å²) in [6, 6.07) is 4.08. The van der Waals surface area contributed by atoms with Crippen LogP contribution in [-0.4, -0.2) is 29.5 Å². The van der Waals surface area contributed by atoms with Gasteiger partial charge in [0.2, 0.25) is 5.88 Å². The van der Waals surface area contributed by atoms with Crippen LogP contribution in [0.4, 0.5) is 0 Å². The zero-order valence-corrected chi connectivity index (χ0v) is 12.2. The summed E-state index contributed by atoms with van der Waals surface area (Å²) in [6.45, 7) is 1.56. The second-order valence-corrected chi connectivity index (χ2v) is 4.96. The van der Waals surface area contributed by atoms with E-state index in [2.05, 4.69) is 31.4 Å². The third-order valence-corrected chi connectivity index (χ3v) is 3.57. The smallest absolute Gasteiger partial charge is 0.213 e. The highest BCUT2D eigenvalue weighted by Crippen LogP contribution is 2.26. The number of pyridine rings is 1. The van der Waals surface area contributed by atoms with Gasteiger partial charge in [0.1, 0.15) is 18.5 Å². The van der Waals surface area contributed by atoms with Crippen LogP contribution in [-0.2, 0) is 4.79 Å². The van der Waals surface area contributed by atoms with Crippen LogP contribution >= 0.6 is 22.9 Å². The van der Waals surface area contributed by atoms with Crippen LogP contribution in [0.1, 0.15) is 19.8 Å². The lowest BCUT2D eigenvalue weighted by Gasteiger charge is -2.33. The molecule has 0 amide bonds. The van der Waals surface area contributed by atoms with Crippen molar-refractivity contribution in [1.82, 2.24) is 8.51 Å². The molecule has 0 radical (unpaired) electrons. The molecule has 1 N–H and O–H groups in total. The first-order valence-corrected chi connectivity index (χ1v) is 6.86. The second-order valence-electron chi connectivity index (χ2n) is 4.34. The topological polar surface area (TPSA) is 60.5 Å². The maximum atomic E-state index is 10.8. The number of nitrogens with zero attached hydrogens (tertiary/aromatic N) is 1. The molecule has 0 atom stereocenters. The van der Waals surface area contributed by atoms with Gasteiger partial charge in [0.25, 0.3) is 0 Å². The molecule has 0 aromatic carbocycles. The van der Waals surface area contributed by atoms with Gasteiger partial charge in [-0.2, -0.15) is 0 Å². The number of nitrogens with one attached hydrogen (secondary N) is 1. The van der Waals surface area contributed by atoms with Crippen molar-refractivity contribution in [3.05, 3.63) is 18.3 Å². The van der Waals surface area contributed by atoms with E-state index in [1.54, 1.807) is 18.3 Å². The fourth-order valence-electron chi connectivity index (χ4n) is 1.63. The molecule has 1 aliphatic carbocycles. The minimum atomic E-state index is -0.0119. The molecule has 1 aromatic rings. The Hall–Kier alpha value is -0.890. The summed E-state index contributed by atoms with van der Waals surface area (Å²) in [5.74, 6) is 1.17. The second kappa shape index (κ2) is 6.33. The number of Topliss-reactive ketones (excluding diaryl/α,β-unsaturated/α-hetero) is 1. The average Bonchev–Trinajstić information content (AvgIpc) is 2.32. The van der Waals surface area contributed by atoms with E-state index in [1.165, 1.54) is 6.92 Å². The van der Waals surface area contributed by atoms with E-state index in [0.717, 1.165) is 12.8 Å². The first kappa shape index (κ1) is 13.5. The Morgan fingerprint density at radius 1 is 1.56 bits per heavy atom. The normalized spacial score (nSPS) is 22.1. The van der Waals surface area contributed by atoms with E-state index in [4.69, 9.17) is 9.47 Å². The van der Waals surface area contributed by atoms with Crippen molar-refractivity contribution in [1.29, 1.82) is 0 Å². The Kier molecular flexibility index (Phi) is 4.76. The van der Waals surface area contributed by atoms with E-state index in [0.29, 0.717) is 17.7 Å². The van der Waals surface area contributed by atoms with Gasteiger partial charge in [-0.3, -0.25) is 8.32 Å². The van der Waals surface area contributed by atoms with Crippen molar-refractivity contribution >= 4 is 28.6 Å². The molecule has 1 saturated carbocycles. The minimum Gasteiger partial charge on any atom is -0.484 e. The molecule has 5 nitrogen and oxygen atoms in total. The number of carbonyl (C=O) groups excluding carboxylic acids is 1. The van der Waals surface area contributed by atoms with Crippen molar-refractivity contribution < 1.29 is 14.3 Å². The van der Waals surface area contributed by atoms with Crippen LogP contribution in [0.2, 0.25) is 0 Å². The number of ketones is 1. The standard InChI is InChI=1S/C12H15IN2O3/c1-8(16)7-17-10-2-3-12(14-6-10)18-11-4-9(5-11)15-13/h2-3,6,9,11,15H,4-5,7H2,1H3/t9-,11+. The Morgan fingerprint density at radius 2 is 2.33 bits per heavy atom. The minimum absolute atomic E-state index is 0.0119. The summed E-state index contributed by atoms with van der Waals surface area (Å²) < 4.78 is 14.1. The van der Waals surface area contributed by atoms with E-state index in [9.17, 15) is 4.79 Å². The van der Waals surface area contributed by atoms with Crippen LogP contribution in [0.15, 0.2) is 18.3 Å². The monoisotopic (exact) mass is 362 g/mol. The van der Waals surface area contributed by atoms with Gasteiger partial charge in [0.05, 0.1) is 6.20 Å². The molecule has 1 fully saturated rings. The van der Waals surface area contributed by atoms with Crippen LogP contribution in [0, 0.1) is 0 Å². The molecule has 0 spiro atoms. The number of ether oxygens (including phenoxy) is 2. The van der Waals surface area contributed by atoms with Gasteiger partial charge in [-0.15, -0.1) is 0 Å². The Balaban J connectivity index is 1.79. The zero-order valence-electron chi connectivity index (χ0n) is 10.1. The van der Waals surface area contributed by atoms with Crippen LogP contribution in [0.25, 0.3) is 0 Å². The van der Waals surface area contributed by atoms with Gasteiger partial charge >= 0.3 is 0 Å². The Bertz CT molecular complexity index is 404. The van der Waals surface area contributed by atoms with Crippen LogP contribution < -0.4 is 13.0 Å². The molecule has 0 bridgehead atoms. The van der Waals surface area contributed by atoms with Crippen LogP contribution in [0.3, 0.4) is 0 Å². The van der Waals surface area contributed by atoms with Crippen molar-refractivity contribution in [2.24, 2.45) is 0 Å². The Morgan fingerprint density at radius 3 is 2.89 bits per heavy atom. The third-order valence-electron chi connectivity index (χ3n) is 2.69. The SMILES string of the molecule is CC(=O)COc1ccc(O[C@H]2C[C@@H](NI)C2)nc1. The highest BCUT2D eigenvalue weighted by atomic mass is 127. The maximum absolute atomic E-state index is 10.8. The zero-order chi connectivity index (χ0) is 13.0. The number of rotatable bonds is 6. The van der Waals surface area contributed by atoms with Gasteiger partial charge in [-0.05, 0) is 13.0 Å². The number of hydrogen-bond donors (Lipinski definition) is 1. The number of halogens is 1. The summed E-state index contributed by atoms with van der Waals surface area (Å²) in [4.78, 5) is 14.9. The molecule has 1 heterocycles. The quantitative estimate of drug-likeness (QED) is 0.619. The van der Waals surface area contributed by atoms with E-state index in [-0.39, 0.29) is 18.5 Å². The van der Waals surface area contributed by atoms with Crippen molar-refractivity contribution in [2.45, 2.75) is 31.9 Å². The molecule has 1 aromatic heterocycles. The van der Waals surface area contributed by atoms with Gasteiger partial charge < -0.3 is 9.47 Å². The lowest BCUT2D eigenvalue weighted by Crippen LogP contribution is -2.43. The summed E-state index contributed by atoms with van der Waals surface area (Å²) in [5, 5.41) is 0. The molecule has 98 valence electrons. The van der Waals surface area contributed by atoms with Crippen molar-refractivity contribution in [3.8, 4) is 11.6 Å². The van der Waals surface area contributed by atoms with Crippen molar-refractivity contribution in [2.75, 3.05) is 6.61 Å². The van der Waals surface area contributed by atoms with Gasteiger partial charge in [-0.25, -0.2) is 4.98 Å². The highest BCUT2D eigenvalue weighted by molar-refractivity contribution is 14.1. The predicted octanol–water partition coefficient (Wildman–Crippen LogP) is 1.90. The largest absolute Gasteiger partial charge is 0.484 e. The lowest BCUT2D eigenvalue weighted by molar-refractivity contribution is -0.118. The first-order chi connectivity index (χ1) is 8.67. The van der Waals surface area contributed by atoms with E-state index in [1.807, 2.05) is 0 Å². The van der Waals surface area contributed by atoms with E-state index >= 15 is 0 Å². The fourth-order valence-corrected chi connectivity index (χ4v) is 2.14. The molecular weight excluding hydrogens is 347 g/mol. The molecule has 6 heteroatoms. The fraction of sp³-hybridized carbons (Fsp3) is 0.500. The van der Waals surface area contributed by atoms with Gasteiger partial charge in [0, 0.05) is 47.8 Å². The molecular formula is C12H15IN2O3. The average molecular weight is 362 g/mol. The highest BCUT2D eigenvalue weighted by Gasteiger charge is 2.30. The van der Waals surface area contributed by atoms with Crippen LogP contribution in [0.5, 0.6) is 11.6 Å². The first-order valence-electron chi connectivity index (χ1n) is 5.78. The molecule has 18 heavy (non-hydrogen) atoms. The maximum Gasteiger partial charge on any atom is 0.213 e. The predicted molar refractivity (Wildman–Crippen MR) is 75.0 cm³/mol. The molecule has 0 aliphatic heterocycles. The third kappa shape index (κ3) is 3.81. The van der Waals surface area contributed by atoms with Crippen molar-refractivity contribution in [3.63, 3.8) is 0 Å². The molecule has 2 rings (SSSR count). The number of hydrogen-bond acceptors (Lipinski definition) is 5. The molecule has 0 saturated heterocycles. The number of aromatic nitrogens is 1. The van der Waals surface area contributed by atoms with E-state index < -0.39 is 0 Å². The lowest BCUT2D eigenvalue weighted by atomic mass is 9.90. The summed E-state index contributed by atoms with van der Waals surface area (Å²) >= 11 is 2.16.